The molecule has 25 heavy (non-hydrogen) atoms. The Kier molecular flexibility index (Phi) is 4.36. The van der Waals surface area contributed by atoms with Gasteiger partial charge in [-0.15, -0.1) is 0 Å². The van der Waals surface area contributed by atoms with Gasteiger partial charge in [0.25, 0.3) is 0 Å². The maximum Gasteiger partial charge on any atom is 0.319 e. The molecule has 5 heteroatoms. The lowest BCUT2D eigenvalue weighted by atomic mass is 9.54. The SMILES string of the molecule is CC(CNC(=O)Nc1cccc(N)c1)OC12CC3CC(CC(C3)C1)C2. The molecule has 1 unspecified atom stereocenters. The van der Waals surface area contributed by atoms with Crippen LogP contribution in [0.5, 0.6) is 0 Å². The number of hydrogen-bond donors (Lipinski definition) is 3. The molecular weight excluding hydrogens is 314 g/mol. The van der Waals surface area contributed by atoms with Gasteiger partial charge in [0.15, 0.2) is 0 Å². The second-order valence-electron chi connectivity index (χ2n) is 8.49. The molecule has 136 valence electrons. The summed E-state index contributed by atoms with van der Waals surface area (Å²) >= 11 is 0. The van der Waals surface area contributed by atoms with E-state index in [1.165, 1.54) is 38.5 Å². The number of nitrogens with two attached hydrogens (primary N) is 1. The summed E-state index contributed by atoms with van der Waals surface area (Å²) < 4.78 is 6.51. The molecule has 0 aromatic heterocycles. The van der Waals surface area contributed by atoms with Crippen molar-refractivity contribution in [1.29, 1.82) is 0 Å². The number of anilines is 2. The molecule has 5 nitrogen and oxygen atoms in total. The second kappa shape index (κ2) is 6.52. The summed E-state index contributed by atoms with van der Waals surface area (Å²) in [6, 6.07) is 6.97. The highest BCUT2D eigenvalue weighted by Gasteiger charge is 2.52. The molecule has 4 bridgehead atoms. The smallest absolute Gasteiger partial charge is 0.319 e. The van der Waals surface area contributed by atoms with Gasteiger partial charge in [0.1, 0.15) is 0 Å². The van der Waals surface area contributed by atoms with Gasteiger partial charge in [-0.05, 0) is 81.4 Å². The fourth-order valence-corrected chi connectivity index (χ4v) is 5.67. The van der Waals surface area contributed by atoms with Gasteiger partial charge in [0.05, 0.1) is 11.7 Å². The molecule has 2 amide bonds. The summed E-state index contributed by atoms with van der Waals surface area (Å²) in [4.78, 5) is 12.1. The van der Waals surface area contributed by atoms with Crippen LogP contribution in [-0.4, -0.2) is 24.3 Å². The van der Waals surface area contributed by atoms with Crippen LogP contribution in [0.25, 0.3) is 0 Å². The number of nitrogen functional groups attached to an aromatic ring is 1. The fraction of sp³-hybridized carbons (Fsp3) is 0.650. The van der Waals surface area contributed by atoms with E-state index in [9.17, 15) is 4.79 Å². The van der Waals surface area contributed by atoms with E-state index in [4.69, 9.17) is 10.5 Å². The third kappa shape index (κ3) is 3.76. The maximum absolute atomic E-state index is 12.1. The van der Waals surface area contributed by atoms with Crippen molar-refractivity contribution < 1.29 is 9.53 Å². The largest absolute Gasteiger partial charge is 0.399 e. The van der Waals surface area contributed by atoms with Crippen molar-refractivity contribution in [2.45, 2.75) is 57.2 Å². The zero-order valence-electron chi connectivity index (χ0n) is 15.0. The van der Waals surface area contributed by atoms with Crippen molar-refractivity contribution in [3.63, 3.8) is 0 Å². The molecule has 0 heterocycles. The first-order chi connectivity index (χ1) is 12.0. The van der Waals surface area contributed by atoms with E-state index in [-0.39, 0.29) is 17.7 Å². The summed E-state index contributed by atoms with van der Waals surface area (Å²) in [5, 5.41) is 5.73. The van der Waals surface area contributed by atoms with Gasteiger partial charge in [0, 0.05) is 17.9 Å². The van der Waals surface area contributed by atoms with Crippen LogP contribution in [0.3, 0.4) is 0 Å². The van der Waals surface area contributed by atoms with Crippen LogP contribution in [0.4, 0.5) is 16.2 Å². The molecule has 4 aliphatic rings. The van der Waals surface area contributed by atoms with E-state index in [1.807, 2.05) is 12.1 Å². The molecule has 0 radical (unpaired) electrons. The molecule has 4 fully saturated rings. The number of ether oxygens (including phenoxy) is 1. The van der Waals surface area contributed by atoms with Gasteiger partial charge in [-0.3, -0.25) is 0 Å². The van der Waals surface area contributed by atoms with E-state index < -0.39 is 0 Å². The van der Waals surface area contributed by atoms with E-state index in [1.54, 1.807) is 12.1 Å². The molecule has 1 atom stereocenters. The minimum Gasteiger partial charge on any atom is -0.399 e. The van der Waals surface area contributed by atoms with Crippen LogP contribution in [0.15, 0.2) is 24.3 Å². The average molecular weight is 343 g/mol. The Morgan fingerprint density at radius 3 is 2.48 bits per heavy atom. The van der Waals surface area contributed by atoms with Gasteiger partial charge in [0.2, 0.25) is 0 Å². The summed E-state index contributed by atoms with van der Waals surface area (Å²) in [5.74, 6) is 2.62. The van der Waals surface area contributed by atoms with Crippen LogP contribution in [0, 0.1) is 17.8 Å². The lowest BCUT2D eigenvalue weighted by molar-refractivity contribution is -0.182. The molecule has 4 saturated carbocycles. The molecule has 5 rings (SSSR count). The fourth-order valence-electron chi connectivity index (χ4n) is 5.67. The highest BCUT2D eigenvalue weighted by molar-refractivity contribution is 5.89. The van der Waals surface area contributed by atoms with Crippen LogP contribution >= 0.6 is 0 Å². The van der Waals surface area contributed by atoms with Crippen molar-refractivity contribution in [1.82, 2.24) is 5.32 Å². The quantitative estimate of drug-likeness (QED) is 0.712. The summed E-state index contributed by atoms with van der Waals surface area (Å²) in [6.45, 7) is 2.59. The van der Waals surface area contributed by atoms with Gasteiger partial charge in [-0.1, -0.05) is 6.07 Å². The van der Waals surface area contributed by atoms with Crippen molar-refractivity contribution in [2.75, 3.05) is 17.6 Å². The Bertz CT molecular complexity index is 610. The Hall–Kier alpha value is -1.75. The highest BCUT2D eigenvalue weighted by Crippen LogP contribution is 2.57. The molecule has 0 saturated heterocycles. The normalized spacial score (nSPS) is 33.9. The second-order valence-corrected chi connectivity index (χ2v) is 8.49. The van der Waals surface area contributed by atoms with Gasteiger partial charge in [-0.25, -0.2) is 4.79 Å². The molecule has 1 aromatic carbocycles. The van der Waals surface area contributed by atoms with Crippen molar-refractivity contribution >= 4 is 17.4 Å². The minimum atomic E-state index is -0.216. The molecular formula is C20H29N3O2. The number of carbonyl (C=O) groups is 1. The highest BCUT2D eigenvalue weighted by atomic mass is 16.5. The van der Waals surface area contributed by atoms with Crippen molar-refractivity contribution in [3.8, 4) is 0 Å². The number of nitrogens with one attached hydrogen (secondary N) is 2. The van der Waals surface area contributed by atoms with Gasteiger partial charge >= 0.3 is 6.03 Å². The number of rotatable bonds is 5. The lowest BCUT2D eigenvalue weighted by Crippen LogP contribution is -2.54. The molecule has 1 aromatic rings. The maximum atomic E-state index is 12.1. The lowest BCUT2D eigenvalue weighted by Gasteiger charge is -2.57. The van der Waals surface area contributed by atoms with Crippen LogP contribution in [0.2, 0.25) is 0 Å². The summed E-state index contributed by atoms with van der Waals surface area (Å²) in [6.07, 6.45) is 7.94. The number of carbonyl (C=O) groups excluding carboxylic acids is 1. The third-order valence-electron chi connectivity index (χ3n) is 6.13. The first-order valence-electron chi connectivity index (χ1n) is 9.58. The molecule has 0 aliphatic heterocycles. The van der Waals surface area contributed by atoms with Gasteiger partial charge in [-0.2, -0.15) is 0 Å². The average Bonchev–Trinajstić information content (AvgIpc) is 2.51. The number of hydrogen-bond acceptors (Lipinski definition) is 3. The molecule has 0 spiro atoms. The Morgan fingerprint density at radius 2 is 1.88 bits per heavy atom. The molecule has 4 aliphatic carbocycles. The summed E-state index contributed by atoms with van der Waals surface area (Å²) in [7, 11) is 0. The van der Waals surface area contributed by atoms with Crippen molar-refractivity contribution in [2.24, 2.45) is 17.8 Å². The predicted molar refractivity (Wildman–Crippen MR) is 99.3 cm³/mol. The van der Waals surface area contributed by atoms with Crippen LogP contribution < -0.4 is 16.4 Å². The number of amides is 2. The van der Waals surface area contributed by atoms with Gasteiger partial charge < -0.3 is 21.1 Å². The zero-order valence-corrected chi connectivity index (χ0v) is 15.0. The Labute approximate surface area is 149 Å². The van der Waals surface area contributed by atoms with E-state index in [2.05, 4.69) is 17.6 Å². The number of urea groups is 1. The number of benzene rings is 1. The standard InChI is InChI=1S/C20H29N3O2/c1-13(12-22-19(24)23-18-4-2-3-17(21)8-18)25-20-9-14-5-15(10-20)7-16(6-14)11-20/h2-4,8,13-16H,5-7,9-12,21H2,1H3,(H2,22,23,24). The minimum absolute atomic E-state index is 0.0304. The van der Waals surface area contributed by atoms with Crippen LogP contribution in [0.1, 0.15) is 45.4 Å². The monoisotopic (exact) mass is 343 g/mol. The van der Waals surface area contributed by atoms with Crippen LogP contribution in [-0.2, 0) is 4.74 Å². The topological polar surface area (TPSA) is 76.4 Å². The Morgan fingerprint density at radius 1 is 1.24 bits per heavy atom. The van der Waals surface area contributed by atoms with Crippen molar-refractivity contribution in [3.05, 3.63) is 24.3 Å². The summed E-state index contributed by atoms with van der Waals surface area (Å²) in [5.41, 5.74) is 7.15. The Balaban J connectivity index is 1.26. The third-order valence-corrected chi connectivity index (χ3v) is 6.13. The first-order valence-corrected chi connectivity index (χ1v) is 9.58. The zero-order chi connectivity index (χ0) is 17.4. The predicted octanol–water partition coefficient (Wildman–Crippen LogP) is 3.76. The molecule has 4 N–H and O–H groups in total. The van der Waals surface area contributed by atoms with E-state index >= 15 is 0 Å². The van der Waals surface area contributed by atoms with E-state index in [0.29, 0.717) is 17.9 Å². The van der Waals surface area contributed by atoms with E-state index in [0.717, 1.165) is 17.8 Å². The first kappa shape index (κ1) is 16.7.